The maximum absolute atomic E-state index is 12.2. The minimum Gasteiger partial charge on any atom is -0.292 e. The van der Waals surface area contributed by atoms with Crippen molar-refractivity contribution in [3.8, 4) is 17.3 Å². The molecule has 3 aromatic rings. The number of nitrogens with zero attached hydrogens (tertiary/aromatic N) is 5. The molecule has 2 amide bonds. The molecule has 8 heteroatoms. The summed E-state index contributed by atoms with van der Waals surface area (Å²) >= 11 is 0. The predicted molar refractivity (Wildman–Crippen MR) is 98.5 cm³/mol. The van der Waals surface area contributed by atoms with E-state index in [0.717, 1.165) is 16.8 Å². The fourth-order valence-electron chi connectivity index (χ4n) is 2.56. The Morgan fingerprint density at radius 3 is 2.81 bits per heavy atom. The van der Waals surface area contributed by atoms with Gasteiger partial charge in [-0.25, -0.2) is 4.79 Å². The highest BCUT2D eigenvalue weighted by Crippen LogP contribution is 2.24. The lowest BCUT2D eigenvalue weighted by Gasteiger charge is -2.05. The molecule has 0 bridgehead atoms. The minimum absolute atomic E-state index is 0.365. The molecule has 132 valence electrons. The number of aryl methyl sites for hydroxylation is 3. The quantitative estimate of drug-likeness (QED) is 0.739. The molecule has 0 saturated carbocycles. The molecule has 2 aromatic heterocycles. The molecule has 0 aliphatic heterocycles. The first-order valence-electron chi connectivity index (χ1n) is 8.15. The Morgan fingerprint density at radius 1 is 1.23 bits per heavy atom. The van der Waals surface area contributed by atoms with Crippen molar-refractivity contribution in [2.75, 3.05) is 10.6 Å². The van der Waals surface area contributed by atoms with Crippen LogP contribution in [-0.4, -0.2) is 25.6 Å². The first-order chi connectivity index (χ1) is 12.6. The Bertz CT molecular complexity index is 964. The van der Waals surface area contributed by atoms with Crippen LogP contribution >= 0.6 is 0 Å². The van der Waals surface area contributed by atoms with Gasteiger partial charge in [0.2, 0.25) is 0 Å². The Kier molecular flexibility index (Phi) is 4.99. The third-order valence-electron chi connectivity index (χ3n) is 3.88. The van der Waals surface area contributed by atoms with Crippen LogP contribution in [0, 0.1) is 18.3 Å². The molecule has 2 N–H and O–H groups in total. The van der Waals surface area contributed by atoms with Crippen LogP contribution in [0.25, 0.3) is 11.3 Å². The van der Waals surface area contributed by atoms with Crippen LogP contribution in [-0.2, 0) is 13.6 Å². The summed E-state index contributed by atoms with van der Waals surface area (Å²) < 4.78 is 3.23. The average molecular weight is 349 g/mol. The van der Waals surface area contributed by atoms with Gasteiger partial charge in [0.05, 0.1) is 24.7 Å². The number of carbonyl (C=O) groups is 1. The number of hydrogen-bond acceptors (Lipinski definition) is 4. The van der Waals surface area contributed by atoms with E-state index in [1.807, 2.05) is 37.3 Å². The number of nitrogens with one attached hydrogen (secondary N) is 2. The lowest BCUT2D eigenvalue weighted by atomic mass is 10.1. The molecule has 0 spiro atoms. The third kappa shape index (κ3) is 3.89. The van der Waals surface area contributed by atoms with Crippen LogP contribution in [0.4, 0.5) is 16.4 Å². The van der Waals surface area contributed by atoms with E-state index in [1.54, 1.807) is 28.7 Å². The van der Waals surface area contributed by atoms with Crippen molar-refractivity contribution in [2.24, 2.45) is 7.05 Å². The van der Waals surface area contributed by atoms with Crippen LogP contribution in [0.3, 0.4) is 0 Å². The van der Waals surface area contributed by atoms with Crippen LogP contribution in [0.5, 0.6) is 0 Å². The van der Waals surface area contributed by atoms with Gasteiger partial charge in [-0.3, -0.25) is 20.0 Å². The monoisotopic (exact) mass is 349 g/mol. The molecule has 26 heavy (non-hydrogen) atoms. The fourth-order valence-corrected chi connectivity index (χ4v) is 2.56. The van der Waals surface area contributed by atoms with E-state index in [-0.39, 0.29) is 0 Å². The topological polar surface area (TPSA) is 101 Å². The van der Waals surface area contributed by atoms with Gasteiger partial charge in [0.25, 0.3) is 0 Å². The summed E-state index contributed by atoms with van der Waals surface area (Å²) in [6.07, 6.45) is 2.08. The molecule has 0 aliphatic carbocycles. The second kappa shape index (κ2) is 7.53. The summed E-state index contributed by atoms with van der Waals surface area (Å²) in [6, 6.07) is 13.1. The number of urea groups is 1. The largest absolute Gasteiger partial charge is 0.326 e. The maximum atomic E-state index is 12.2. The molecule has 0 atom stereocenters. The van der Waals surface area contributed by atoms with Crippen molar-refractivity contribution in [2.45, 2.75) is 19.9 Å². The lowest BCUT2D eigenvalue weighted by Crippen LogP contribution is -2.21. The number of nitriles is 1. The summed E-state index contributed by atoms with van der Waals surface area (Å²) in [5.74, 6) is 0.992. The number of aromatic nitrogens is 4. The molecule has 0 saturated heterocycles. The van der Waals surface area contributed by atoms with Gasteiger partial charge >= 0.3 is 6.03 Å². The number of carbonyl (C=O) groups excluding carboxylic acids is 1. The molecule has 1 aromatic carbocycles. The summed E-state index contributed by atoms with van der Waals surface area (Å²) in [5.41, 5.74) is 2.93. The van der Waals surface area contributed by atoms with Gasteiger partial charge in [0.15, 0.2) is 5.82 Å². The normalized spacial score (nSPS) is 10.3. The molecular formula is C18H19N7O. The Hall–Kier alpha value is -3.60. The van der Waals surface area contributed by atoms with Crippen LogP contribution in [0.15, 0.2) is 42.6 Å². The van der Waals surface area contributed by atoms with Gasteiger partial charge in [-0.05, 0) is 12.5 Å². The maximum Gasteiger partial charge on any atom is 0.326 e. The molecule has 0 aliphatic rings. The summed E-state index contributed by atoms with van der Waals surface area (Å²) in [6.45, 7) is 2.51. The van der Waals surface area contributed by atoms with Crippen molar-refractivity contribution in [1.82, 2.24) is 19.6 Å². The van der Waals surface area contributed by atoms with Crippen LogP contribution in [0.1, 0.15) is 12.0 Å². The SMILES string of the molecule is Cc1ccccc1-c1cc(NC(=O)Nc2ccn(CCC#N)n2)n(C)n1. The zero-order valence-corrected chi connectivity index (χ0v) is 14.6. The van der Waals surface area contributed by atoms with Crippen molar-refractivity contribution in [3.63, 3.8) is 0 Å². The summed E-state index contributed by atoms with van der Waals surface area (Å²) in [5, 5.41) is 22.7. The van der Waals surface area contributed by atoms with E-state index in [4.69, 9.17) is 5.26 Å². The van der Waals surface area contributed by atoms with Gasteiger partial charge < -0.3 is 0 Å². The zero-order valence-electron chi connectivity index (χ0n) is 14.6. The van der Waals surface area contributed by atoms with Crippen molar-refractivity contribution < 1.29 is 4.79 Å². The highest BCUT2D eigenvalue weighted by Gasteiger charge is 2.12. The van der Waals surface area contributed by atoms with Crippen molar-refractivity contribution >= 4 is 17.7 Å². The van der Waals surface area contributed by atoms with Gasteiger partial charge in [-0.2, -0.15) is 15.5 Å². The average Bonchev–Trinajstić information content (AvgIpc) is 3.20. The second-order valence-electron chi connectivity index (χ2n) is 5.80. The number of rotatable bonds is 5. The number of anilines is 2. The van der Waals surface area contributed by atoms with Crippen molar-refractivity contribution in [1.29, 1.82) is 5.26 Å². The van der Waals surface area contributed by atoms with E-state index in [1.165, 1.54) is 0 Å². The number of benzene rings is 1. The smallest absolute Gasteiger partial charge is 0.292 e. The van der Waals surface area contributed by atoms with Crippen LogP contribution in [0.2, 0.25) is 0 Å². The van der Waals surface area contributed by atoms with E-state index >= 15 is 0 Å². The number of amides is 2. The Labute approximate surface area is 151 Å². The van der Waals surface area contributed by atoms with Gasteiger partial charge in [-0.15, -0.1) is 0 Å². The van der Waals surface area contributed by atoms with Gasteiger partial charge in [0.1, 0.15) is 5.82 Å². The third-order valence-corrected chi connectivity index (χ3v) is 3.88. The fraction of sp³-hybridized carbons (Fsp3) is 0.222. The molecule has 0 fully saturated rings. The van der Waals surface area contributed by atoms with Crippen molar-refractivity contribution in [3.05, 3.63) is 48.2 Å². The van der Waals surface area contributed by atoms with E-state index in [2.05, 4.69) is 26.9 Å². The number of hydrogen-bond donors (Lipinski definition) is 2. The molecule has 0 unspecified atom stereocenters. The van der Waals surface area contributed by atoms with E-state index in [0.29, 0.717) is 24.6 Å². The second-order valence-corrected chi connectivity index (χ2v) is 5.80. The molecular weight excluding hydrogens is 330 g/mol. The van der Waals surface area contributed by atoms with E-state index in [9.17, 15) is 4.79 Å². The summed E-state index contributed by atoms with van der Waals surface area (Å²) in [4.78, 5) is 12.2. The zero-order chi connectivity index (χ0) is 18.5. The Morgan fingerprint density at radius 2 is 2.04 bits per heavy atom. The minimum atomic E-state index is -0.408. The van der Waals surface area contributed by atoms with Gasteiger partial charge in [-0.1, -0.05) is 24.3 Å². The summed E-state index contributed by atoms with van der Waals surface area (Å²) in [7, 11) is 1.77. The predicted octanol–water partition coefficient (Wildman–Crippen LogP) is 3.15. The molecule has 3 rings (SSSR count). The molecule has 2 heterocycles. The van der Waals surface area contributed by atoms with Crippen LogP contribution < -0.4 is 10.6 Å². The Balaban J connectivity index is 1.67. The standard InChI is InChI=1S/C18H19N7O/c1-13-6-3-4-7-14(13)15-12-17(24(2)22-15)21-18(26)20-16-8-11-25(23-16)10-5-9-19/h3-4,6-8,11-12H,5,10H2,1-2H3,(H2,20,21,23,26). The highest BCUT2D eigenvalue weighted by molar-refractivity contribution is 5.98. The van der Waals surface area contributed by atoms with Gasteiger partial charge in [0, 0.05) is 30.9 Å². The molecule has 8 nitrogen and oxygen atoms in total. The highest BCUT2D eigenvalue weighted by atomic mass is 16.2. The lowest BCUT2D eigenvalue weighted by molar-refractivity contribution is 0.262. The van der Waals surface area contributed by atoms with E-state index < -0.39 is 6.03 Å². The first kappa shape index (κ1) is 17.2. The molecule has 0 radical (unpaired) electrons. The first-order valence-corrected chi connectivity index (χ1v) is 8.15.